The number of rotatable bonds is 6. The van der Waals surface area contributed by atoms with Gasteiger partial charge in [-0.2, -0.15) is 0 Å². The molecule has 0 bridgehead atoms. The van der Waals surface area contributed by atoms with Crippen molar-refractivity contribution in [2.75, 3.05) is 19.4 Å². The number of amides is 2. The summed E-state index contributed by atoms with van der Waals surface area (Å²) in [4.78, 5) is 25.4. The van der Waals surface area contributed by atoms with Crippen LogP contribution in [0.4, 0.5) is 10.1 Å². The largest absolute Gasteiger partial charge is 0.345 e. The van der Waals surface area contributed by atoms with Crippen LogP contribution in [0.25, 0.3) is 0 Å². The van der Waals surface area contributed by atoms with Gasteiger partial charge in [0.15, 0.2) is 0 Å². The van der Waals surface area contributed by atoms with E-state index in [0.29, 0.717) is 29.7 Å². The quantitative estimate of drug-likeness (QED) is 0.839. The molecule has 0 aliphatic heterocycles. The lowest BCUT2D eigenvalue weighted by Crippen LogP contribution is -2.22. The second kappa shape index (κ2) is 8.62. The van der Waals surface area contributed by atoms with E-state index in [1.54, 1.807) is 50.5 Å². The van der Waals surface area contributed by atoms with Gasteiger partial charge in [-0.05, 0) is 42.7 Å². The molecule has 2 rings (SSSR count). The van der Waals surface area contributed by atoms with E-state index in [-0.39, 0.29) is 29.1 Å². The summed E-state index contributed by atoms with van der Waals surface area (Å²) in [6.45, 7) is 0. The average Bonchev–Trinajstić information content (AvgIpc) is 2.56. The molecule has 0 saturated heterocycles. The van der Waals surface area contributed by atoms with Crippen molar-refractivity contribution in [3.05, 3.63) is 64.4 Å². The summed E-state index contributed by atoms with van der Waals surface area (Å²) in [7, 11) is 3.29. The topological polar surface area (TPSA) is 49.4 Å². The monoisotopic (exact) mass is 362 g/mol. The molecule has 132 valence electrons. The number of hydrogen-bond donors (Lipinski definition) is 1. The van der Waals surface area contributed by atoms with Gasteiger partial charge < -0.3 is 10.2 Å². The van der Waals surface area contributed by atoms with Crippen molar-refractivity contribution in [3.63, 3.8) is 0 Å². The number of carbonyl (C=O) groups excluding carboxylic acids is 2. The fourth-order valence-electron chi connectivity index (χ4n) is 2.37. The van der Waals surface area contributed by atoms with Gasteiger partial charge in [0.2, 0.25) is 5.91 Å². The van der Waals surface area contributed by atoms with E-state index < -0.39 is 0 Å². The van der Waals surface area contributed by atoms with Crippen molar-refractivity contribution >= 4 is 29.1 Å². The molecule has 1 N–H and O–H groups in total. The number of nitrogens with one attached hydrogen (secondary N) is 1. The number of nitrogens with zero attached hydrogens (tertiary/aromatic N) is 1. The SMILES string of the molecule is CN(C)C(=O)c1ccc(NC(=O)CCCc2ccccc2F)cc1Cl. The standard InChI is InChI=1S/C19H20ClFN2O2/c1-23(2)19(25)15-11-10-14(12-16(15)20)22-18(24)9-5-7-13-6-3-4-8-17(13)21/h3-4,6,8,10-12H,5,7,9H2,1-2H3,(H,22,24). The Bertz CT molecular complexity index is 778. The molecular formula is C19H20ClFN2O2. The van der Waals surface area contributed by atoms with E-state index >= 15 is 0 Å². The number of benzene rings is 2. The van der Waals surface area contributed by atoms with E-state index in [4.69, 9.17) is 11.6 Å². The molecule has 0 unspecified atom stereocenters. The predicted molar refractivity (Wildman–Crippen MR) is 97.4 cm³/mol. The predicted octanol–water partition coefficient (Wildman–Crippen LogP) is 4.14. The van der Waals surface area contributed by atoms with Crippen molar-refractivity contribution in [1.82, 2.24) is 4.90 Å². The summed E-state index contributed by atoms with van der Waals surface area (Å²) in [5.74, 6) is -0.636. The van der Waals surface area contributed by atoms with Gasteiger partial charge in [-0.25, -0.2) is 4.39 Å². The minimum absolute atomic E-state index is 0.181. The zero-order chi connectivity index (χ0) is 18.4. The first-order valence-corrected chi connectivity index (χ1v) is 8.30. The molecule has 6 heteroatoms. The van der Waals surface area contributed by atoms with Gasteiger partial charge in [-0.15, -0.1) is 0 Å². The van der Waals surface area contributed by atoms with Crippen LogP contribution in [-0.4, -0.2) is 30.8 Å². The van der Waals surface area contributed by atoms with Gasteiger partial charge in [0, 0.05) is 26.2 Å². The summed E-state index contributed by atoms with van der Waals surface area (Å²) in [5, 5.41) is 3.02. The summed E-state index contributed by atoms with van der Waals surface area (Å²) >= 11 is 6.11. The Morgan fingerprint density at radius 3 is 2.52 bits per heavy atom. The summed E-state index contributed by atoms with van der Waals surface area (Å²) in [6.07, 6.45) is 1.30. The Labute approximate surface area is 151 Å². The van der Waals surface area contributed by atoms with Gasteiger partial charge >= 0.3 is 0 Å². The third-order valence-electron chi connectivity index (χ3n) is 3.70. The highest BCUT2D eigenvalue weighted by Crippen LogP contribution is 2.22. The van der Waals surface area contributed by atoms with Crippen molar-refractivity contribution in [3.8, 4) is 0 Å². The molecule has 0 spiro atoms. The van der Waals surface area contributed by atoms with Crippen LogP contribution in [0.5, 0.6) is 0 Å². The molecule has 0 saturated carbocycles. The molecule has 0 aromatic heterocycles. The first-order chi connectivity index (χ1) is 11.9. The molecule has 0 radical (unpaired) electrons. The summed E-state index contributed by atoms with van der Waals surface area (Å²) in [6, 6.07) is 11.3. The van der Waals surface area contributed by atoms with E-state index in [1.165, 1.54) is 11.0 Å². The number of carbonyl (C=O) groups is 2. The Morgan fingerprint density at radius 2 is 1.88 bits per heavy atom. The van der Waals surface area contributed by atoms with Gasteiger partial charge in [0.1, 0.15) is 5.82 Å². The second-order valence-corrected chi connectivity index (χ2v) is 6.29. The van der Waals surface area contributed by atoms with Gasteiger partial charge in [0.25, 0.3) is 5.91 Å². The van der Waals surface area contributed by atoms with Crippen molar-refractivity contribution in [2.24, 2.45) is 0 Å². The van der Waals surface area contributed by atoms with Gasteiger partial charge in [-0.1, -0.05) is 29.8 Å². The fourth-order valence-corrected chi connectivity index (χ4v) is 2.63. The summed E-state index contributed by atoms with van der Waals surface area (Å²) in [5.41, 5.74) is 1.50. The molecule has 0 aliphatic carbocycles. The normalized spacial score (nSPS) is 10.4. The Balaban J connectivity index is 1.89. The highest BCUT2D eigenvalue weighted by atomic mass is 35.5. The van der Waals surface area contributed by atoms with E-state index in [2.05, 4.69) is 5.32 Å². The molecule has 0 atom stereocenters. The molecular weight excluding hydrogens is 343 g/mol. The van der Waals surface area contributed by atoms with Crippen LogP contribution in [0.2, 0.25) is 5.02 Å². The number of anilines is 1. The molecule has 4 nitrogen and oxygen atoms in total. The van der Waals surface area contributed by atoms with Crippen molar-refractivity contribution < 1.29 is 14.0 Å². The van der Waals surface area contributed by atoms with Gasteiger partial charge in [0.05, 0.1) is 10.6 Å². The van der Waals surface area contributed by atoms with E-state index in [0.717, 1.165) is 0 Å². The lowest BCUT2D eigenvalue weighted by atomic mass is 10.1. The maximum Gasteiger partial charge on any atom is 0.254 e. The first-order valence-electron chi connectivity index (χ1n) is 7.93. The zero-order valence-electron chi connectivity index (χ0n) is 14.2. The highest BCUT2D eigenvalue weighted by Gasteiger charge is 2.13. The maximum absolute atomic E-state index is 13.5. The fraction of sp³-hybridized carbons (Fsp3) is 0.263. The van der Waals surface area contributed by atoms with Crippen molar-refractivity contribution in [2.45, 2.75) is 19.3 Å². The van der Waals surface area contributed by atoms with Gasteiger partial charge in [-0.3, -0.25) is 9.59 Å². The van der Waals surface area contributed by atoms with Crippen LogP contribution in [0.1, 0.15) is 28.8 Å². The minimum atomic E-state index is -0.254. The Morgan fingerprint density at radius 1 is 1.16 bits per heavy atom. The smallest absolute Gasteiger partial charge is 0.254 e. The molecule has 2 amide bonds. The minimum Gasteiger partial charge on any atom is -0.345 e. The van der Waals surface area contributed by atoms with Crippen LogP contribution < -0.4 is 5.32 Å². The molecule has 0 fully saturated rings. The Hall–Kier alpha value is -2.40. The van der Waals surface area contributed by atoms with Crippen LogP contribution in [0, 0.1) is 5.82 Å². The Kier molecular flexibility index (Phi) is 6.53. The zero-order valence-corrected chi connectivity index (χ0v) is 14.9. The first kappa shape index (κ1) is 18.9. The number of halogens is 2. The molecule has 0 aliphatic rings. The summed E-state index contributed by atoms with van der Waals surface area (Å²) < 4.78 is 13.5. The third-order valence-corrected chi connectivity index (χ3v) is 4.01. The lowest BCUT2D eigenvalue weighted by molar-refractivity contribution is -0.116. The number of hydrogen-bond acceptors (Lipinski definition) is 2. The number of aryl methyl sites for hydroxylation is 1. The molecule has 0 heterocycles. The lowest BCUT2D eigenvalue weighted by Gasteiger charge is -2.13. The second-order valence-electron chi connectivity index (χ2n) is 5.89. The van der Waals surface area contributed by atoms with Crippen molar-refractivity contribution in [1.29, 1.82) is 0 Å². The molecule has 2 aromatic rings. The van der Waals surface area contributed by atoms with E-state index in [9.17, 15) is 14.0 Å². The van der Waals surface area contributed by atoms with Crippen LogP contribution in [0.3, 0.4) is 0 Å². The third kappa shape index (κ3) is 5.29. The maximum atomic E-state index is 13.5. The molecule has 2 aromatic carbocycles. The van der Waals surface area contributed by atoms with Crippen LogP contribution >= 0.6 is 11.6 Å². The van der Waals surface area contributed by atoms with E-state index in [1.807, 2.05) is 0 Å². The van der Waals surface area contributed by atoms with Crippen LogP contribution in [-0.2, 0) is 11.2 Å². The van der Waals surface area contributed by atoms with Crippen LogP contribution in [0.15, 0.2) is 42.5 Å². The average molecular weight is 363 g/mol. The highest BCUT2D eigenvalue weighted by molar-refractivity contribution is 6.34. The molecule has 25 heavy (non-hydrogen) atoms.